The van der Waals surface area contributed by atoms with Crippen LogP contribution in [-0.4, -0.2) is 42.5 Å². The van der Waals surface area contributed by atoms with Gasteiger partial charge in [-0.25, -0.2) is 0 Å². The Morgan fingerprint density at radius 2 is 1.49 bits per heavy atom. The van der Waals surface area contributed by atoms with Gasteiger partial charge in [0.1, 0.15) is 23.7 Å². The lowest BCUT2D eigenvalue weighted by Gasteiger charge is -2.21. The van der Waals surface area contributed by atoms with Crippen molar-refractivity contribution in [2.45, 2.75) is 39.2 Å². The van der Waals surface area contributed by atoms with Crippen LogP contribution in [0, 0.1) is 0 Å². The molecular weight excluding hydrogens is 458 g/mol. The van der Waals surface area contributed by atoms with E-state index >= 15 is 0 Å². The molecule has 0 N–H and O–H groups in total. The van der Waals surface area contributed by atoms with Gasteiger partial charge in [-0.3, -0.25) is 9.69 Å². The molecule has 0 saturated carbocycles. The van der Waals surface area contributed by atoms with E-state index in [0.29, 0.717) is 17.7 Å². The van der Waals surface area contributed by atoms with E-state index in [1.165, 1.54) is 12.8 Å². The number of hydrogen-bond donors (Lipinski definition) is 0. The molecule has 4 nitrogen and oxygen atoms in total. The number of benzene rings is 4. The van der Waals surface area contributed by atoms with Gasteiger partial charge in [-0.05, 0) is 105 Å². The van der Waals surface area contributed by atoms with Gasteiger partial charge in [0.15, 0.2) is 5.78 Å². The minimum absolute atomic E-state index is 0.00503. The monoisotopic (exact) mass is 493 g/mol. The van der Waals surface area contributed by atoms with Gasteiger partial charge in [0, 0.05) is 17.7 Å². The summed E-state index contributed by atoms with van der Waals surface area (Å²) in [6.45, 7) is 10.0. The standard InChI is InChI=1S/C33H35NO3/c1-33(2,3)37-28-17-10-25(11-18-28)30-19-14-24-8-4-5-9-29(24)31(30)32(35)26-12-15-27(16-13-26)36-23-22-34-20-6-7-21-34/h4-5,8-19H,6-7,20-23H2,1-3H3. The van der Waals surface area contributed by atoms with E-state index in [4.69, 9.17) is 9.47 Å². The minimum Gasteiger partial charge on any atom is -0.492 e. The quantitative estimate of drug-likeness (QED) is 0.240. The van der Waals surface area contributed by atoms with Crippen LogP contribution < -0.4 is 9.47 Å². The van der Waals surface area contributed by atoms with E-state index in [2.05, 4.69) is 11.0 Å². The van der Waals surface area contributed by atoms with Crippen molar-refractivity contribution in [3.8, 4) is 22.6 Å². The van der Waals surface area contributed by atoms with Crippen molar-refractivity contribution in [3.63, 3.8) is 0 Å². The highest BCUT2D eigenvalue weighted by Gasteiger charge is 2.19. The van der Waals surface area contributed by atoms with Crippen LogP contribution in [0.15, 0.2) is 84.9 Å². The molecule has 1 aliphatic rings. The highest BCUT2D eigenvalue weighted by molar-refractivity contribution is 6.20. The molecule has 0 atom stereocenters. The zero-order chi connectivity index (χ0) is 25.8. The van der Waals surface area contributed by atoms with E-state index < -0.39 is 0 Å². The van der Waals surface area contributed by atoms with Crippen molar-refractivity contribution in [1.29, 1.82) is 0 Å². The maximum Gasteiger partial charge on any atom is 0.194 e. The summed E-state index contributed by atoms with van der Waals surface area (Å²) < 4.78 is 11.9. The first-order valence-electron chi connectivity index (χ1n) is 13.2. The molecule has 1 saturated heterocycles. The molecule has 0 unspecified atom stereocenters. The normalized spacial score (nSPS) is 14.1. The summed E-state index contributed by atoms with van der Waals surface area (Å²) in [6, 6.07) is 27.7. The highest BCUT2D eigenvalue weighted by atomic mass is 16.5. The zero-order valence-electron chi connectivity index (χ0n) is 22.0. The van der Waals surface area contributed by atoms with Crippen molar-refractivity contribution < 1.29 is 14.3 Å². The van der Waals surface area contributed by atoms with Gasteiger partial charge < -0.3 is 9.47 Å². The molecule has 190 valence electrons. The summed E-state index contributed by atoms with van der Waals surface area (Å²) in [5.41, 5.74) is 2.99. The van der Waals surface area contributed by atoms with E-state index in [-0.39, 0.29) is 11.4 Å². The van der Waals surface area contributed by atoms with Crippen LogP contribution >= 0.6 is 0 Å². The van der Waals surface area contributed by atoms with Gasteiger partial charge in [-0.2, -0.15) is 0 Å². The summed E-state index contributed by atoms with van der Waals surface area (Å²) in [4.78, 5) is 16.4. The van der Waals surface area contributed by atoms with Crippen LogP contribution in [0.5, 0.6) is 11.5 Å². The predicted octanol–water partition coefficient (Wildman–Crippen LogP) is 7.39. The van der Waals surface area contributed by atoms with Gasteiger partial charge >= 0.3 is 0 Å². The highest BCUT2D eigenvalue weighted by Crippen LogP contribution is 2.34. The third-order valence-corrected chi connectivity index (χ3v) is 6.74. The Morgan fingerprint density at radius 3 is 2.19 bits per heavy atom. The van der Waals surface area contributed by atoms with E-state index in [9.17, 15) is 4.79 Å². The lowest BCUT2D eigenvalue weighted by Crippen LogP contribution is -2.25. The molecule has 4 aromatic carbocycles. The predicted molar refractivity (Wildman–Crippen MR) is 151 cm³/mol. The molecule has 5 rings (SSSR count). The topological polar surface area (TPSA) is 38.8 Å². The van der Waals surface area contributed by atoms with Gasteiger partial charge in [-0.15, -0.1) is 0 Å². The zero-order valence-corrected chi connectivity index (χ0v) is 22.0. The van der Waals surface area contributed by atoms with Crippen LogP contribution in [0.2, 0.25) is 0 Å². The third-order valence-electron chi connectivity index (χ3n) is 6.74. The Morgan fingerprint density at radius 1 is 0.811 bits per heavy atom. The van der Waals surface area contributed by atoms with Crippen molar-refractivity contribution >= 4 is 16.6 Å². The average Bonchev–Trinajstić information content (AvgIpc) is 3.41. The lowest BCUT2D eigenvalue weighted by molar-refractivity contribution is 0.104. The molecule has 1 aliphatic heterocycles. The fraction of sp³-hybridized carbons (Fsp3) is 0.303. The average molecular weight is 494 g/mol. The maximum atomic E-state index is 13.9. The molecule has 4 heteroatoms. The Labute approximate surface area is 219 Å². The minimum atomic E-state index is -0.268. The first-order valence-corrected chi connectivity index (χ1v) is 13.2. The smallest absolute Gasteiger partial charge is 0.194 e. The summed E-state index contributed by atoms with van der Waals surface area (Å²) in [6.07, 6.45) is 2.56. The number of ether oxygens (including phenoxy) is 2. The number of carbonyl (C=O) groups excluding carboxylic acids is 1. The first-order chi connectivity index (χ1) is 17.9. The van der Waals surface area contributed by atoms with Crippen LogP contribution in [0.1, 0.15) is 49.5 Å². The molecule has 0 bridgehead atoms. The van der Waals surface area contributed by atoms with Crippen LogP contribution in [-0.2, 0) is 0 Å². The van der Waals surface area contributed by atoms with Crippen LogP contribution in [0.25, 0.3) is 21.9 Å². The number of hydrogen-bond acceptors (Lipinski definition) is 4. The molecule has 0 radical (unpaired) electrons. The molecule has 0 amide bonds. The SMILES string of the molecule is CC(C)(C)Oc1ccc(-c2ccc3ccccc3c2C(=O)c2ccc(OCCN3CCCC3)cc2)cc1. The fourth-order valence-corrected chi connectivity index (χ4v) is 4.96. The summed E-state index contributed by atoms with van der Waals surface area (Å²) in [5, 5.41) is 2.00. The second-order valence-electron chi connectivity index (χ2n) is 10.7. The number of carbonyl (C=O) groups is 1. The first kappa shape index (κ1) is 25.0. The van der Waals surface area contributed by atoms with Crippen molar-refractivity contribution in [2.75, 3.05) is 26.2 Å². The largest absolute Gasteiger partial charge is 0.492 e. The Hall–Kier alpha value is -3.63. The van der Waals surface area contributed by atoms with Crippen LogP contribution in [0.3, 0.4) is 0 Å². The van der Waals surface area contributed by atoms with Gasteiger partial charge in [0.05, 0.1) is 0 Å². The molecule has 1 heterocycles. The van der Waals surface area contributed by atoms with Gasteiger partial charge in [-0.1, -0.05) is 48.5 Å². The summed E-state index contributed by atoms with van der Waals surface area (Å²) in [7, 11) is 0. The molecule has 0 aromatic heterocycles. The Kier molecular flexibility index (Phi) is 7.29. The number of ketones is 1. The van der Waals surface area contributed by atoms with Gasteiger partial charge in [0.25, 0.3) is 0 Å². The summed E-state index contributed by atoms with van der Waals surface area (Å²) in [5.74, 6) is 1.61. The molecule has 1 fully saturated rings. The van der Waals surface area contributed by atoms with E-state index in [1.807, 2.05) is 99.6 Å². The van der Waals surface area contributed by atoms with Crippen molar-refractivity contribution in [3.05, 3.63) is 96.1 Å². The number of likely N-dealkylation sites (tertiary alicyclic amines) is 1. The maximum absolute atomic E-state index is 13.9. The summed E-state index contributed by atoms with van der Waals surface area (Å²) >= 11 is 0. The molecule has 0 aliphatic carbocycles. The van der Waals surface area contributed by atoms with Gasteiger partial charge in [0.2, 0.25) is 0 Å². The second-order valence-corrected chi connectivity index (χ2v) is 10.7. The lowest BCUT2D eigenvalue weighted by atomic mass is 9.89. The molecule has 4 aromatic rings. The molecule has 0 spiro atoms. The number of nitrogens with zero attached hydrogens (tertiary/aromatic N) is 1. The van der Waals surface area contributed by atoms with Crippen LogP contribution in [0.4, 0.5) is 0 Å². The second kappa shape index (κ2) is 10.8. The molecular formula is C33H35NO3. The number of rotatable bonds is 8. The Bertz CT molecular complexity index is 1360. The van der Waals surface area contributed by atoms with Crippen molar-refractivity contribution in [2.24, 2.45) is 0 Å². The Balaban J connectivity index is 1.42. The van der Waals surface area contributed by atoms with E-state index in [1.54, 1.807) is 0 Å². The third kappa shape index (κ3) is 6.03. The van der Waals surface area contributed by atoms with E-state index in [0.717, 1.165) is 53.0 Å². The number of fused-ring (bicyclic) bond motifs is 1. The fourth-order valence-electron chi connectivity index (χ4n) is 4.96. The molecule has 37 heavy (non-hydrogen) atoms. The van der Waals surface area contributed by atoms with Crippen molar-refractivity contribution in [1.82, 2.24) is 4.90 Å².